The number of hydrogen-bond acceptors (Lipinski definition) is 2. The van der Waals surface area contributed by atoms with Crippen LogP contribution in [0.25, 0.3) is 11.1 Å². The number of hydrogen-bond donors (Lipinski definition) is 2. The average Bonchev–Trinajstić information content (AvgIpc) is 2.77. The molecule has 0 fully saturated rings. The largest absolute Gasteiger partial charge is 0.416 e. The molecule has 0 bridgehead atoms. The van der Waals surface area contributed by atoms with Crippen molar-refractivity contribution in [3.05, 3.63) is 41.7 Å². The molecule has 2 aromatic rings. The lowest BCUT2D eigenvalue weighted by Crippen LogP contribution is -2.05. The van der Waals surface area contributed by atoms with E-state index in [1.807, 2.05) is 0 Å². The molecule has 0 aliphatic carbocycles. The first-order valence-electron chi connectivity index (χ1n) is 5.42. The van der Waals surface area contributed by atoms with Gasteiger partial charge in [0.05, 0.1) is 11.8 Å². The lowest BCUT2D eigenvalue weighted by atomic mass is 10.0. The minimum absolute atomic E-state index is 0.411. The average molecular weight is 255 g/mol. The molecule has 1 aromatic carbocycles. The summed E-state index contributed by atoms with van der Waals surface area (Å²) in [6, 6.07) is 5.18. The van der Waals surface area contributed by atoms with Crippen molar-refractivity contribution in [3.8, 4) is 11.1 Å². The predicted octanol–water partition coefficient (Wildman–Crippen LogP) is 2.60. The Morgan fingerprint density at radius 3 is 2.72 bits per heavy atom. The van der Waals surface area contributed by atoms with Gasteiger partial charge in [0, 0.05) is 17.7 Å². The molecule has 1 aromatic heterocycles. The van der Waals surface area contributed by atoms with E-state index in [2.05, 4.69) is 10.2 Å². The highest BCUT2D eigenvalue weighted by Gasteiger charge is 2.30. The lowest BCUT2D eigenvalue weighted by molar-refractivity contribution is -0.137. The molecule has 0 saturated carbocycles. The number of nitrogens with one attached hydrogen (secondary N) is 1. The summed E-state index contributed by atoms with van der Waals surface area (Å²) in [6.07, 6.45) is -2.28. The second kappa shape index (κ2) is 4.81. The number of nitrogens with zero attached hydrogens (tertiary/aromatic N) is 1. The number of rotatable bonds is 3. The molecule has 3 N–H and O–H groups in total. The summed E-state index contributed by atoms with van der Waals surface area (Å²) in [6.45, 7) is 0.411. The quantitative estimate of drug-likeness (QED) is 0.885. The summed E-state index contributed by atoms with van der Waals surface area (Å²) < 4.78 is 37.8. The highest BCUT2D eigenvalue weighted by molar-refractivity contribution is 5.66. The molecule has 0 saturated heterocycles. The molecule has 0 spiro atoms. The molecule has 3 nitrogen and oxygen atoms in total. The minimum atomic E-state index is -4.34. The normalized spacial score (nSPS) is 11.8. The maximum atomic E-state index is 12.6. The SMILES string of the molecule is NCCc1[nH]ncc1-c1cccc(C(F)(F)F)c1. The smallest absolute Gasteiger partial charge is 0.330 e. The second-order valence-electron chi connectivity index (χ2n) is 3.88. The lowest BCUT2D eigenvalue weighted by Gasteiger charge is -2.08. The zero-order valence-corrected chi connectivity index (χ0v) is 9.46. The standard InChI is InChI=1S/C12H12F3N3/c13-12(14,15)9-3-1-2-8(6-9)10-7-17-18-11(10)4-5-16/h1-3,6-7H,4-5,16H2,(H,17,18). The van der Waals surface area contributed by atoms with E-state index in [0.29, 0.717) is 24.1 Å². The Morgan fingerprint density at radius 1 is 1.28 bits per heavy atom. The van der Waals surface area contributed by atoms with Gasteiger partial charge < -0.3 is 5.73 Å². The number of halogens is 3. The molecule has 6 heteroatoms. The summed E-state index contributed by atoms with van der Waals surface area (Å²) in [5, 5.41) is 6.60. The van der Waals surface area contributed by atoms with Gasteiger partial charge in [0.25, 0.3) is 0 Å². The van der Waals surface area contributed by atoms with Gasteiger partial charge in [-0.3, -0.25) is 5.10 Å². The number of benzene rings is 1. The third-order valence-corrected chi connectivity index (χ3v) is 2.61. The molecule has 0 amide bonds. The number of aromatic amines is 1. The van der Waals surface area contributed by atoms with Gasteiger partial charge in [0.15, 0.2) is 0 Å². The third kappa shape index (κ3) is 2.53. The van der Waals surface area contributed by atoms with Crippen molar-refractivity contribution in [2.45, 2.75) is 12.6 Å². The Hall–Kier alpha value is -1.82. The highest BCUT2D eigenvalue weighted by atomic mass is 19.4. The van der Waals surface area contributed by atoms with E-state index in [9.17, 15) is 13.2 Å². The first kappa shape index (κ1) is 12.6. The van der Waals surface area contributed by atoms with Crippen LogP contribution in [0.2, 0.25) is 0 Å². The molecule has 1 heterocycles. The van der Waals surface area contributed by atoms with Crippen LogP contribution < -0.4 is 5.73 Å². The van der Waals surface area contributed by atoms with Crippen molar-refractivity contribution in [2.75, 3.05) is 6.54 Å². The van der Waals surface area contributed by atoms with Crippen molar-refractivity contribution in [2.24, 2.45) is 5.73 Å². The number of nitrogens with two attached hydrogens (primary N) is 1. The summed E-state index contributed by atoms with van der Waals surface area (Å²) in [5.74, 6) is 0. The molecule has 0 aliphatic heterocycles. The van der Waals surface area contributed by atoms with Crippen molar-refractivity contribution in [3.63, 3.8) is 0 Å². The first-order chi connectivity index (χ1) is 8.52. The van der Waals surface area contributed by atoms with Crippen molar-refractivity contribution >= 4 is 0 Å². The fourth-order valence-electron chi connectivity index (χ4n) is 1.76. The fourth-order valence-corrected chi connectivity index (χ4v) is 1.76. The molecular formula is C12H12F3N3. The van der Waals surface area contributed by atoms with Crippen molar-refractivity contribution in [1.29, 1.82) is 0 Å². The third-order valence-electron chi connectivity index (χ3n) is 2.61. The van der Waals surface area contributed by atoms with E-state index in [0.717, 1.165) is 17.8 Å². The Balaban J connectivity index is 2.42. The number of alkyl halides is 3. The van der Waals surface area contributed by atoms with Gasteiger partial charge in [-0.25, -0.2) is 0 Å². The van der Waals surface area contributed by atoms with Gasteiger partial charge in [0.2, 0.25) is 0 Å². The van der Waals surface area contributed by atoms with E-state index >= 15 is 0 Å². The van der Waals surface area contributed by atoms with Crippen LogP contribution in [-0.2, 0) is 12.6 Å². The summed E-state index contributed by atoms with van der Waals surface area (Å²) >= 11 is 0. The fraction of sp³-hybridized carbons (Fsp3) is 0.250. The number of H-pyrrole nitrogens is 1. The highest BCUT2D eigenvalue weighted by Crippen LogP contribution is 2.32. The van der Waals surface area contributed by atoms with Gasteiger partial charge in [-0.15, -0.1) is 0 Å². The first-order valence-corrected chi connectivity index (χ1v) is 5.42. The zero-order chi connectivity index (χ0) is 13.2. The maximum absolute atomic E-state index is 12.6. The van der Waals surface area contributed by atoms with Crippen LogP contribution in [-0.4, -0.2) is 16.7 Å². The van der Waals surface area contributed by atoms with Crippen LogP contribution in [0.15, 0.2) is 30.5 Å². The van der Waals surface area contributed by atoms with Crippen LogP contribution in [0.5, 0.6) is 0 Å². The summed E-state index contributed by atoms with van der Waals surface area (Å²) in [5.41, 5.74) is 6.67. The Bertz CT molecular complexity index is 531. The molecule has 0 atom stereocenters. The van der Waals surface area contributed by atoms with Crippen LogP contribution >= 0.6 is 0 Å². The van der Waals surface area contributed by atoms with Crippen molar-refractivity contribution < 1.29 is 13.2 Å². The summed E-state index contributed by atoms with van der Waals surface area (Å²) in [7, 11) is 0. The van der Waals surface area contributed by atoms with Gasteiger partial charge in [0.1, 0.15) is 0 Å². The topological polar surface area (TPSA) is 54.7 Å². The second-order valence-corrected chi connectivity index (χ2v) is 3.88. The predicted molar refractivity (Wildman–Crippen MR) is 61.8 cm³/mol. The molecular weight excluding hydrogens is 243 g/mol. The molecule has 2 rings (SSSR count). The Morgan fingerprint density at radius 2 is 2.06 bits per heavy atom. The van der Waals surface area contributed by atoms with E-state index in [1.54, 1.807) is 6.07 Å². The minimum Gasteiger partial charge on any atom is -0.330 e. The number of aromatic nitrogens is 2. The molecule has 0 aliphatic rings. The van der Waals surface area contributed by atoms with Gasteiger partial charge >= 0.3 is 6.18 Å². The van der Waals surface area contributed by atoms with E-state index in [4.69, 9.17) is 5.73 Å². The van der Waals surface area contributed by atoms with Crippen LogP contribution in [0, 0.1) is 0 Å². The van der Waals surface area contributed by atoms with Crippen LogP contribution in [0.4, 0.5) is 13.2 Å². The molecule has 0 unspecified atom stereocenters. The summed E-state index contributed by atoms with van der Waals surface area (Å²) in [4.78, 5) is 0. The molecule has 0 radical (unpaired) electrons. The zero-order valence-electron chi connectivity index (χ0n) is 9.46. The Labute approximate surface area is 102 Å². The molecule has 96 valence electrons. The maximum Gasteiger partial charge on any atom is 0.416 e. The van der Waals surface area contributed by atoms with Gasteiger partial charge in [-0.05, 0) is 24.2 Å². The van der Waals surface area contributed by atoms with E-state index in [-0.39, 0.29) is 0 Å². The van der Waals surface area contributed by atoms with E-state index < -0.39 is 11.7 Å². The van der Waals surface area contributed by atoms with Gasteiger partial charge in [-0.1, -0.05) is 12.1 Å². The van der Waals surface area contributed by atoms with Crippen molar-refractivity contribution in [1.82, 2.24) is 10.2 Å². The Kier molecular flexibility index (Phi) is 3.38. The van der Waals surface area contributed by atoms with E-state index in [1.165, 1.54) is 12.3 Å². The monoisotopic (exact) mass is 255 g/mol. The molecule has 18 heavy (non-hydrogen) atoms. The van der Waals surface area contributed by atoms with Crippen LogP contribution in [0.1, 0.15) is 11.3 Å². The van der Waals surface area contributed by atoms with Crippen LogP contribution in [0.3, 0.4) is 0 Å². The van der Waals surface area contributed by atoms with Gasteiger partial charge in [-0.2, -0.15) is 18.3 Å².